The number of benzene rings is 1. The third kappa shape index (κ3) is 4.16. The number of likely N-dealkylation sites (N-methyl/N-ethyl adjacent to an activating group) is 1. The maximum absolute atomic E-state index is 11.7. The van der Waals surface area contributed by atoms with Gasteiger partial charge in [-0.05, 0) is 32.5 Å². The second-order valence-electron chi connectivity index (χ2n) is 4.90. The molecule has 21 heavy (non-hydrogen) atoms. The first-order valence-electron chi connectivity index (χ1n) is 6.49. The SMILES string of the molecule is CNC(C)(CCOc1cc(C)ccc1[N+](=O)[O-])C(=O)OC. The Morgan fingerprint density at radius 3 is 2.67 bits per heavy atom. The van der Waals surface area contributed by atoms with Crippen molar-refractivity contribution in [3.05, 3.63) is 33.9 Å². The van der Waals surface area contributed by atoms with Crippen molar-refractivity contribution in [2.75, 3.05) is 20.8 Å². The highest BCUT2D eigenvalue weighted by Crippen LogP contribution is 2.28. The standard InChI is InChI=1S/C14H20N2O5/c1-10-5-6-11(16(18)19)12(9-10)21-8-7-14(2,15-3)13(17)20-4/h5-6,9,15H,7-8H2,1-4H3. The highest BCUT2D eigenvalue weighted by Gasteiger charge is 2.32. The summed E-state index contributed by atoms with van der Waals surface area (Å²) in [7, 11) is 2.95. The van der Waals surface area contributed by atoms with E-state index in [4.69, 9.17) is 9.47 Å². The summed E-state index contributed by atoms with van der Waals surface area (Å²) >= 11 is 0. The lowest BCUT2D eigenvalue weighted by atomic mass is 9.99. The molecule has 7 nitrogen and oxygen atoms in total. The van der Waals surface area contributed by atoms with Crippen molar-refractivity contribution < 1.29 is 19.2 Å². The number of nitrogens with zero attached hydrogens (tertiary/aromatic N) is 1. The summed E-state index contributed by atoms with van der Waals surface area (Å²) in [5.41, 5.74) is -0.127. The molecule has 7 heteroatoms. The topological polar surface area (TPSA) is 90.7 Å². The van der Waals surface area contributed by atoms with Crippen LogP contribution in [0.4, 0.5) is 5.69 Å². The van der Waals surface area contributed by atoms with Crippen molar-refractivity contribution in [2.24, 2.45) is 0 Å². The van der Waals surface area contributed by atoms with E-state index in [1.54, 1.807) is 26.1 Å². The zero-order valence-corrected chi connectivity index (χ0v) is 12.6. The van der Waals surface area contributed by atoms with E-state index in [-0.39, 0.29) is 18.0 Å². The minimum Gasteiger partial charge on any atom is -0.487 e. The molecule has 1 N–H and O–H groups in total. The van der Waals surface area contributed by atoms with Gasteiger partial charge in [-0.2, -0.15) is 0 Å². The second kappa shape index (κ2) is 7.03. The molecule has 1 rings (SSSR count). The second-order valence-corrected chi connectivity index (χ2v) is 4.90. The van der Waals surface area contributed by atoms with Crippen LogP contribution < -0.4 is 10.1 Å². The van der Waals surface area contributed by atoms with Crippen LogP contribution in [0.1, 0.15) is 18.9 Å². The summed E-state index contributed by atoms with van der Waals surface area (Å²) in [6, 6.07) is 4.66. The lowest BCUT2D eigenvalue weighted by molar-refractivity contribution is -0.385. The molecule has 0 aromatic heterocycles. The summed E-state index contributed by atoms with van der Waals surface area (Å²) in [4.78, 5) is 22.1. The highest BCUT2D eigenvalue weighted by atomic mass is 16.6. The largest absolute Gasteiger partial charge is 0.487 e. The third-order valence-corrected chi connectivity index (χ3v) is 3.36. The van der Waals surface area contributed by atoms with E-state index in [0.29, 0.717) is 6.42 Å². The number of rotatable bonds is 7. The maximum Gasteiger partial charge on any atom is 0.325 e. The van der Waals surface area contributed by atoms with E-state index in [2.05, 4.69) is 5.32 Å². The van der Waals surface area contributed by atoms with Crippen molar-refractivity contribution in [3.63, 3.8) is 0 Å². The number of ether oxygens (including phenoxy) is 2. The van der Waals surface area contributed by atoms with Gasteiger partial charge in [-0.3, -0.25) is 14.9 Å². The Bertz CT molecular complexity index is 532. The first-order valence-corrected chi connectivity index (χ1v) is 6.49. The molecule has 0 aliphatic heterocycles. The fourth-order valence-corrected chi connectivity index (χ4v) is 1.81. The molecule has 0 fully saturated rings. The Balaban J connectivity index is 2.78. The molecule has 0 heterocycles. The lowest BCUT2D eigenvalue weighted by Gasteiger charge is -2.25. The predicted octanol–water partition coefficient (Wildman–Crippen LogP) is 1.82. The highest BCUT2D eigenvalue weighted by molar-refractivity contribution is 5.80. The number of esters is 1. The van der Waals surface area contributed by atoms with E-state index in [0.717, 1.165) is 5.56 Å². The molecular weight excluding hydrogens is 276 g/mol. The van der Waals surface area contributed by atoms with Crippen molar-refractivity contribution >= 4 is 11.7 Å². The summed E-state index contributed by atoms with van der Waals surface area (Å²) in [6.07, 6.45) is 0.321. The molecule has 0 aliphatic rings. The Labute approximate surface area is 123 Å². The zero-order valence-electron chi connectivity index (χ0n) is 12.6. The molecule has 1 aromatic carbocycles. The third-order valence-electron chi connectivity index (χ3n) is 3.36. The maximum atomic E-state index is 11.7. The average molecular weight is 296 g/mol. The van der Waals surface area contributed by atoms with Gasteiger partial charge >= 0.3 is 11.7 Å². The van der Waals surface area contributed by atoms with E-state index in [1.165, 1.54) is 13.2 Å². The molecule has 0 bridgehead atoms. The van der Waals surface area contributed by atoms with Gasteiger partial charge in [0.25, 0.3) is 0 Å². The van der Waals surface area contributed by atoms with Crippen LogP contribution in [0.5, 0.6) is 5.75 Å². The van der Waals surface area contributed by atoms with Crippen molar-refractivity contribution in [1.29, 1.82) is 0 Å². The molecule has 1 atom stereocenters. The summed E-state index contributed by atoms with van der Waals surface area (Å²) in [5.74, 6) is -0.212. The van der Waals surface area contributed by atoms with Gasteiger partial charge in [0.15, 0.2) is 5.75 Å². The number of aryl methyl sites for hydroxylation is 1. The van der Waals surface area contributed by atoms with Crippen LogP contribution in [0.25, 0.3) is 0 Å². The van der Waals surface area contributed by atoms with Gasteiger partial charge in [0.1, 0.15) is 5.54 Å². The van der Waals surface area contributed by atoms with E-state index in [1.807, 2.05) is 6.92 Å². The number of carbonyl (C=O) groups excluding carboxylic acids is 1. The van der Waals surface area contributed by atoms with Gasteiger partial charge < -0.3 is 14.8 Å². The van der Waals surface area contributed by atoms with Crippen LogP contribution in [0.15, 0.2) is 18.2 Å². The summed E-state index contributed by atoms with van der Waals surface area (Å²) in [6.45, 7) is 3.66. The molecule has 1 aromatic rings. The molecule has 0 saturated carbocycles. The minimum absolute atomic E-state index is 0.0928. The number of hydrogen-bond acceptors (Lipinski definition) is 6. The lowest BCUT2D eigenvalue weighted by Crippen LogP contribution is -2.49. The molecule has 0 radical (unpaired) electrons. The number of nitro benzene ring substituents is 1. The van der Waals surface area contributed by atoms with Gasteiger partial charge in [0.05, 0.1) is 18.6 Å². The zero-order chi connectivity index (χ0) is 16.0. The number of carbonyl (C=O) groups is 1. The van der Waals surface area contributed by atoms with Crippen LogP contribution in [0.3, 0.4) is 0 Å². The number of nitrogens with one attached hydrogen (secondary N) is 1. The van der Waals surface area contributed by atoms with Crippen LogP contribution in [0, 0.1) is 17.0 Å². The number of methoxy groups -OCH3 is 1. The van der Waals surface area contributed by atoms with Gasteiger partial charge in [-0.1, -0.05) is 6.07 Å². The quantitative estimate of drug-likeness (QED) is 0.469. The Kier molecular flexibility index (Phi) is 5.66. The molecule has 0 aliphatic carbocycles. The average Bonchev–Trinajstić information content (AvgIpc) is 2.45. The monoisotopic (exact) mass is 296 g/mol. The van der Waals surface area contributed by atoms with E-state index < -0.39 is 16.4 Å². The Morgan fingerprint density at radius 1 is 1.48 bits per heavy atom. The first-order chi connectivity index (χ1) is 9.84. The summed E-state index contributed by atoms with van der Waals surface area (Å²) < 4.78 is 10.2. The molecule has 116 valence electrons. The van der Waals surface area contributed by atoms with Crippen LogP contribution in [0.2, 0.25) is 0 Å². The van der Waals surface area contributed by atoms with E-state index in [9.17, 15) is 14.9 Å². The number of hydrogen-bond donors (Lipinski definition) is 1. The molecule has 0 saturated heterocycles. The molecule has 0 amide bonds. The van der Waals surface area contributed by atoms with Crippen LogP contribution in [-0.4, -0.2) is 37.2 Å². The minimum atomic E-state index is -0.895. The number of nitro groups is 1. The fourth-order valence-electron chi connectivity index (χ4n) is 1.81. The van der Waals surface area contributed by atoms with Gasteiger partial charge in [-0.15, -0.1) is 0 Å². The van der Waals surface area contributed by atoms with E-state index >= 15 is 0 Å². The van der Waals surface area contributed by atoms with Crippen molar-refractivity contribution in [2.45, 2.75) is 25.8 Å². The fraction of sp³-hybridized carbons (Fsp3) is 0.500. The molecule has 1 unspecified atom stereocenters. The Hall–Kier alpha value is -2.15. The van der Waals surface area contributed by atoms with Crippen molar-refractivity contribution in [3.8, 4) is 5.75 Å². The van der Waals surface area contributed by atoms with Crippen LogP contribution >= 0.6 is 0 Å². The van der Waals surface area contributed by atoms with Gasteiger partial charge in [0.2, 0.25) is 0 Å². The van der Waals surface area contributed by atoms with Crippen LogP contribution in [-0.2, 0) is 9.53 Å². The normalized spacial score (nSPS) is 13.3. The van der Waals surface area contributed by atoms with Gasteiger partial charge in [-0.25, -0.2) is 0 Å². The van der Waals surface area contributed by atoms with Crippen molar-refractivity contribution in [1.82, 2.24) is 5.32 Å². The molecular formula is C14H20N2O5. The molecule has 0 spiro atoms. The first kappa shape index (κ1) is 16.9. The predicted molar refractivity (Wildman–Crippen MR) is 77.4 cm³/mol. The smallest absolute Gasteiger partial charge is 0.325 e. The van der Waals surface area contributed by atoms with Gasteiger partial charge in [0, 0.05) is 12.5 Å². The summed E-state index contributed by atoms with van der Waals surface area (Å²) in [5, 5.41) is 13.8. The Morgan fingerprint density at radius 2 is 2.14 bits per heavy atom.